The van der Waals surface area contributed by atoms with Gasteiger partial charge in [-0.2, -0.15) is 0 Å². The van der Waals surface area contributed by atoms with Crippen LogP contribution in [0, 0.1) is 0 Å². The first-order chi connectivity index (χ1) is 9.54. The maximum Gasteiger partial charge on any atom is 0.338 e. The van der Waals surface area contributed by atoms with Gasteiger partial charge >= 0.3 is 5.97 Å². The van der Waals surface area contributed by atoms with Crippen LogP contribution in [0.3, 0.4) is 0 Å². The van der Waals surface area contributed by atoms with E-state index >= 15 is 0 Å². The van der Waals surface area contributed by atoms with E-state index in [4.69, 9.17) is 9.84 Å². The maximum absolute atomic E-state index is 12.1. The molecule has 2 aromatic rings. The van der Waals surface area contributed by atoms with E-state index in [1.165, 1.54) is 25.3 Å². The molecule has 0 saturated carbocycles. The first-order valence-electron chi connectivity index (χ1n) is 5.52. The third-order valence-corrected chi connectivity index (χ3v) is 3.42. The Morgan fingerprint density at radius 3 is 2.65 bits per heavy atom. The van der Waals surface area contributed by atoms with Crippen molar-refractivity contribution in [3.8, 4) is 11.5 Å². The molecule has 0 fully saturated rings. The molecular formula is C13H11NO5S. The standard InChI is InChI=1S/C13H11NO5S/c1-19-9-4-2-3-7(10(9)15)11(16)14-12-8(13(17)18)5-6-20-12/h2-6,15H,1H3,(H,14,16)(H,17,18). The Morgan fingerprint density at radius 2 is 2.00 bits per heavy atom. The average molecular weight is 293 g/mol. The van der Waals surface area contributed by atoms with Gasteiger partial charge in [0.15, 0.2) is 11.5 Å². The van der Waals surface area contributed by atoms with Gasteiger partial charge in [0.25, 0.3) is 5.91 Å². The minimum Gasteiger partial charge on any atom is -0.504 e. The lowest BCUT2D eigenvalue weighted by atomic mass is 10.1. The highest BCUT2D eigenvalue weighted by Gasteiger charge is 2.18. The summed E-state index contributed by atoms with van der Waals surface area (Å²) in [5, 5.41) is 23.1. The Bertz CT molecular complexity index is 665. The number of hydrogen-bond acceptors (Lipinski definition) is 5. The monoisotopic (exact) mass is 293 g/mol. The van der Waals surface area contributed by atoms with Crippen molar-refractivity contribution in [2.24, 2.45) is 0 Å². The third kappa shape index (κ3) is 2.57. The molecule has 6 nitrogen and oxygen atoms in total. The number of carboxylic acid groups (broad SMARTS) is 1. The first-order valence-corrected chi connectivity index (χ1v) is 6.40. The Balaban J connectivity index is 2.29. The van der Waals surface area contributed by atoms with Crippen LogP contribution in [0.2, 0.25) is 0 Å². The van der Waals surface area contributed by atoms with Gasteiger partial charge in [-0.25, -0.2) is 4.79 Å². The second-order valence-electron chi connectivity index (χ2n) is 3.78. The normalized spacial score (nSPS) is 10.1. The summed E-state index contributed by atoms with van der Waals surface area (Å²) in [6, 6.07) is 5.88. The number of hydrogen-bond donors (Lipinski definition) is 3. The van der Waals surface area contributed by atoms with Crippen LogP contribution in [-0.2, 0) is 0 Å². The molecular weight excluding hydrogens is 282 g/mol. The fourth-order valence-electron chi connectivity index (χ4n) is 1.62. The molecule has 0 aliphatic carbocycles. The highest BCUT2D eigenvalue weighted by Crippen LogP contribution is 2.31. The Morgan fingerprint density at radius 1 is 1.25 bits per heavy atom. The number of carboxylic acids is 1. The molecule has 0 aliphatic heterocycles. The van der Waals surface area contributed by atoms with Crippen LogP contribution in [0.25, 0.3) is 0 Å². The summed E-state index contributed by atoms with van der Waals surface area (Å²) in [7, 11) is 1.37. The number of rotatable bonds is 4. The van der Waals surface area contributed by atoms with Crippen LogP contribution in [0.4, 0.5) is 5.00 Å². The van der Waals surface area contributed by atoms with Gasteiger partial charge < -0.3 is 20.3 Å². The van der Waals surface area contributed by atoms with E-state index in [0.29, 0.717) is 0 Å². The quantitative estimate of drug-likeness (QED) is 0.804. The van der Waals surface area contributed by atoms with Crippen molar-refractivity contribution in [2.75, 3.05) is 12.4 Å². The van der Waals surface area contributed by atoms with Gasteiger partial charge in [0.2, 0.25) is 0 Å². The lowest BCUT2D eigenvalue weighted by Crippen LogP contribution is -2.13. The van der Waals surface area contributed by atoms with E-state index in [9.17, 15) is 14.7 Å². The predicted molar refractivity (Wildman–Crippen MR) is 73.9 cm³/mol. The minimum atomic E-state index is -1.13. The van der Waals surface area contributed by atoms with Crippen molar-refractivity contribution >= 4 is 28.2 Å². The smallest absolute Gasteiger partial charge is 0.338 e. The number of aromatic carboxylic acids is 1. The van der Waals surface area contributed by atoms with Crippen molar-refractivity contribution in [2.45, 2.75) is 0 Å². The summed E-state index contributed by atoms with van der Waals surface area (Å²) in [5.74, 6) is -1.86. The molecule has 104 valence electrons. The highest BCUT2D eigenvalue weighted by molar-refractivity contribution is 7.14. The van der Waals surface area contributed by atoms with Crippen molar-refractivity contribution in [3.05, 3.63) is 40.8 Å². The largest absolute Gasteiger partial charge is 0.504 e. The zero-order valence-electron chi connectivity index (χ0n) is 10.4. The number of aromatic hydroxyl groups is 1. The third-order valence-electron chi connectivity index (χ3n) is 2.59. The van der Waals surface area contributed by atoms with Crippen molar-refractivity contribution < 1.29 is 24.5 Å². The van der Waals surface area contributed by atoms with Crippen molar-refractivity contribution in [1.29, 1.82) is 0 Å². The second-order valence-corrected chi connectivity index (χ2v) is 4.70. The highest BCUT2D eigenvalue weighted by atomic mass is 32.1. The molecule has 1 amide bonds. The van der Waals surface area contributed by atoms with Gasteiger partial charge in [-0.15, -0.1) is 11.3 Å². The van der Waals surface area contributed by atoms with Gasteiger partial charge in [-0.1, -0.05) is 6.07 Å². The van der Waals surface area contributed by atoms with E-state index in [1.807, 2.05) is 0 Å². The topological polar surface area (TPSA) is 95.9 Å². The lowest BCUT2D eigenvalue weighted by Gasteiger charge is -2.09. The molecule has 0 atom stereocenters. The number of carbonyl (C=O) groups is 2. The predicted octanol–water partition coefficient (Wildman–Crippen LogP) is 2.41. The molecule has 20 heavy (non-hydrogen) atoms. The van der Waals surface area contributed by atoms with E-state index < -0.39 is 11.9 Å². The number of ether oxygens (including phenoxy) is 1. The molecule has 3 N–H and O–H groups in total. The van der Waals surface area contributed by atoms with Crippen LogP contribution in [0.5, 0.6) is 11.5 Å². The van der Waals surface area contributed by atoms with Gasteiger partial charge in [0.1, 0.15) is 5.00 Å². The summed E-state index contributed by atoms with van der Waals surface area (Å²) < 4.78 is 4.91. The molecule has 0 spiro atoms. The number of methoxy groups -OCH3 is 1. The van der Waals surface area contributed by atoms with E-state index in [2.05, 4.69) is 5.32 Å². The number of anilines is 1. The van der Waals surface area contributed by atoms with E-state index in [1.54, 1.807) is 11.4 Å². The zero-order chi connectivity index (χ0) is 14.7. The molecule has 0 unspecified atom stereocenters. The molecule has 7 heteroatoms. The van der Waals surface area contributed by atoms with Crippen LogP contribution >= 0.6 is 11.3 Å². The Kier molecular flexibility index (Phi) is 3.90. The fraction of sp³-hybridized carbons (Fsp3) is 0.0769. The molecule has 1 aromatic carbocycles. The first kappa shape index (κ1) is 13.9. The van der Waals surface area contributed by atoms with Gasteiger partial charge in [-0.05, 0) is 23.6 Å². The summed E-state index contributed by atoms with van der Waals surface area (Å²) in [6.07, 6.45) is 0. The number of para-hydroxylation sites is 1. The number of amides is 1. The van der Waals surface area contributed by atoms with Crippen LogP contribution in [-0.4, -0.2) is 29.2 Å². The molecule has 0 bridgehead atoms. The fourth-order valence-corrected chi connectivity index (χ4v) is 2.39. The maximum atomic E-state index is 12.1. The molecule has 0 aliphatic rings. The van der Waals surface area contributed by atoms with Gasteiger partial charge in [-0.3, -0.25) is 4.79 Å². The average Bonchev–Trinajstić information content (AvgIpc) is 2.87. The number of phenolic OH excluding ortho intramolecular Hbond substituents is 1. The van der Waals surface area contributed by atoms with E-state index in [-0.39, 0.29) is 27.6 Å². The Hall–Kier alpha value is -2.54. The molecule has 1 heterocycles. The summed E-state index contributed by atoms with van der Waals surface area (Å²) in [6.45, 7) is 0. The second kappa shape index (κ2) is 5.62. The number of nitrogens with one attached hydrogen (secondary N) is 1. The summed E-state index contributed by atoms with van der Waals surface area (Å²) in [4.78, 5) is 23.0. The number of thiophene rings is 1. The van der Waals surface area contributed by atoms with Crippen LogP contribution < -0.4 is 10.1 Å². The number of benzene rings is 1. The van der Waals surface area contributed by atoms with Gasteiger partial charge in [0.05, 0.1) is 18.2 Å². The molecule has 0 saturated heterocycles. The SMILES string of the molecule is COc1cccc(C(=O)Nc2sccc2C(=O)O)c1O. The minimum absolute atomic E-state index is 0.00531. The summed E-state index contributed by atoms with van der Waals surface area (Å²) >= 11 is 1.09. The van der Waals surface area contributed by atoms with Crippen molar-refractivity contribution in [1.82, 2.24) is 0 Å². The van der Waals surface area contributed by atoms with Crippen molar-refractivity contribution in [3.63, 3.8) is 0 Å². The molecule has 1 aromatic heterocycles. The Labute approximate surface area is 118 Å². The van der Waals surface area contributed by atoms with Crippen LogP contribution in [0.15, 0.2) is 29.6 Å². The van der Waals surface area contributed by atoms with Gasteiger partial charge in [0, 0.05) is 0 Å². The molecule has 2 rings (SSSR count). The molecule has 0 radical (unpaired) electrons. The lowest BCUT2D eigenvalue weighted by molar-refractivity contribution is 0.0698. The van der Waals surface area contributed by atoms with Crippen LogP contribution in [0.1, 0.15) is 20.7 Å². The number of carbonyl (C=O) groups excluding carboxylic acids is 1. The zero-order valence-corrected chi connectivity index (χ0v) is 11.2. The van der Waals surface area contributed by atoms with E-state index in [0.717, 1.165) is 11.3 Å². The number of phenols is 1. The summed E-state index contributed by atoms with van der Waals surface area (Å²) in [5.41, 5.74) is 0.0137.